The van der Waals surface area contributed by atoms with Gasteiger partial charge in [-0.15, -0.1) is 0 Å². The number of nitrogens with zero attached hydrogens (tertiary/aromatic N) is 2. The highest BCUT2D eigenvalue weighted by Crippen LogP contribution is 2.37. The van der Waals surface area contributed by atoms with Gasteiger partial charge in [0.15, 0.2) is 28.2 Å². The lowest BCUT2D eigenvalue weighted by Crippen LogP contribution is -2.34. The molecule has 1 aromatic heterocycles. The first kappa shape index (κ1) is 21.2. The first-order valence-corrected chi connectivity index (χ1v) is 11.1. The van der Waals surface area contributed by atoms with Crippen molar-refractivity contribution in [2.75, 3.05) is 0 Å². The number of halogens is 5. The SMILES string of the molecule is O=S(=O)(c1c(F)c(F)c(F)c(F)c1F)N(Cc1ccc(C2CCCC2)cn1)C1CC1. The van der Waals surface area contributed by atoms with Crippen molar-refractivity contribution >= 4 is 10.0 Å². The molecule has 162 valence electrons. The molecule has 0 radical (unpaired) electrons. The molecule has 0 saturated heterocycles. The van der Waals surface area contributed by atoms with Crippen molar-refractivity contribution in [1.29, 1.82) is 0 Å². The zero-order valence-corrected chi connectivity index (χ0v) is 16.7. The predicted octanol–water partition coefficient (Wildman–Crippen LogP) is 4.79. The molecule has 2 fully saturated rings. The summed E-state index contributed by atoms with van der Waals surface area (Å²) in [6, 6.07) is 2.90. The number of aromatic nitrogens is 1. The second-order valence-electron chi connectivity index (χ2n) is 7.74. The van der Waals surface area contributed by atoms with Crippen LogP contribution >= 0.6 is 0 Å². The number of rotatable bonds is 6. The fourth-order valence-electron chi connectivity index (χ4n) is 3.89. The van der Waals surface area contributed by atoms with Crippen molar-refractivity contribution in [2.24, 2.45) is 0 Å². The molecule has 2 aliphatic rings. The maximum absolute atomic E-state index is 14.2. The van der Waals surface area contributed by atoms with Gasteiger partial charge in [0, 0.05) is 12.2 Å². The molecule has 30 heavy (non-hydrogen) atoms. The van der Waals surface area contributed by atoms with Gasteiger partial charge in [-0.3, -0.25) is 4.98 Å². The minimum absolute atomic E-state index is 0.322. The van der Waals surface area contributed by atoms with Crippen LogP contribution in [0.3, 0.4) is 0 Å². The smallest absolute Gasteiger partial charge is 0.249 e. The Bertz CT molecular complexity index is 1040. The lowest BCUT2D eigenvalue weighted by Gasteiger charge is -2.22. The van der Waals surface area contributed by atoms with E-state index in [1.807, 2.05) is 6.07 Å². The van der Waals surface area contributed by atoms with Gasteiger partial charge in [0.2, 0.25) is 15.8 Å². The standard InChI is InChI=1S/C20H19F5N2O2S/c21-15-16(22)18(24)20(19(25)17(15)23)30(28,29)27(14-7-8-14)10-13-6-5-12(9-26-13)11-3-1-2-4-11/h5-6,9,11,14H,1-4,7-8,10H2. The molecule has 1 heterocycles. The normalized spacial score (nSPS) is 17.8. The Morgan fingerprint density at radius 3 is 1.93 bits per heavy atom. The van der Waals surface area contributed by atoms with E-state index in [9.17, 15) is 30.4 Å². The van der Waals surface area contributed by atoms with Crippen molar-refractivity contribution in [3.05, 3.63) is 58.7 Å². The molecule has 0 amide bonds. The zero-order valence-electron chi connectivity index (χ0n) is 15.8. The van der Waals surface area contributed by atoms with Gasteiger partial charge in [0.1, 0.15) is 0 Å². The van der Waals surface area contributed by atoms with Gasteiger partial charge in [-0.2, -0.15) is 4.31 Å². The van der Waals surface area contributed by atoms with E-state index < -0.39 is 50.0 Å². The number of sulfonamides is 1. The first-order valence-electron chi connectivity index (χ1n) is 9.70. The van der Waals surface area contributed by atoms with Gasteiger partial charge in [0.25, 0.3) is 0 Å². The van der Waals surface area contributed by atoms with Crippen molar-refractivity contribution in [1.82, 2.24) is 9.29 Å². The van der Waals surface area contributed by atoms with E-state index in [2.05, 4.69) is 4.98 Å². The summed E-state index contributed by atoms with van der Waals surface area (Å²) in [5.41, 5.74) is 1.37. The third-order valence-electron chi connectivity index (χ3n) is 5.68. The van der Waals surface area contributed by atoms with E-state index >= 15 is 0 Å². The molecule has 0 bridgehead atoms. The number of hydrogen-bond donors (Lipinski definition) is 0. The Morgan fingerprint density at radius 2 is 1.43 bits per heavy atom. The van der Waals surface area contributed by atoms with E-state index in [0.29, 0.717) is 24.5 Å². The van der Waals surface area contributed by atoms with E-state index in [4.69, 9.17) is 0 Å². The minimum atomic E-state index is -4.99. The molecule has 0 N–H and O–H groups in total. The summed E-state index contributed by atoms with van der Waals surface area (Å²) < 4.78 is 95.4. The summed E-state index contributed by atoms with van der Waals surface area (Å²) in [6.07, 6.45) is 6.91. The minimum Gasteiger partial charge on any atom is -0.260 e. The summed E-state index contributed by atoms with van der Waals surface area (Å²) in [6.45, 7) is -0.322. The van der Waals surface area contributed by atoms with E-state index in [1.54, 1.807) is 12.3 Å². The van der Waals surface area contributed by atoms with Crippen LogP contribution in [0, 0.1) is 29.1 Å². The van der Waals surface area contributed by atoms with Crippen LogP contribution in [0.1, 0.15) is 55.7 Å². The Morgan fingerprint density at radius 1 is 0.867 bits per heavy atom. The highest BCUT2D eigenvalue weighted by atomic mass is 32.2. The molecule has 0 atom stereocenters. The van der Waals surface area contributed by atoms with Crippen LogP contribution in [0.4, 0.5) is 22.0 Å². The average Bonchev–Trinajstić information content (AvgIpc) is 3.41. The van der Waals surface area contributed by atoms with Gasteiger partial charge in [-0.05, 0) is 43.2 Å². The monoisotopic (exact) mass is 446 g/mol. The van der Waals surface area contributed by atoms with Crippen LogP contribution < -0.4 is 0 Å². The van der Waals surface area contributed by atoms with Crippen molar-refractivity contribution in [3.63, 3.8) is 0 Å². The molecule has 0 unspecified atom stereocenters. The molecule has 2 aromatic rings. The van der Waals surface area contributed by atoms with E-state index in [-0.39, 0.29) is 6.54 Å². The Balaban J connectivity index is 1.67. The van der Waals surface area contributed by atoms with Crippen LogP contribution in [0.25, 0.3) is 0 Å². The van der Waals surface area contributed by atoms with Crippen molar-refractivity contribution in [3.8, 4) is 0 Å². The molecular weight excluding hydrogens is 427 g/mol. The fourth-order valence-corrected chi connectivity index (χ4v) is 5.66. The lowest BCUT2D eigenvalue weighted by atomic mass is 9.99. The molecule has 4 nitrogen and oxygen atoms in total. The highest BCUT2D eigenvalue weighted by Gasteiger charge is 2.43. The van der Waals surface area contributed by atoms with Crippen LogP contribution in [0.2, 0.25) is 0 Å². The molecule has 4 rings (SSSR count). The summed E-state index contributed by atoms with van der Waals surface area (Å²) in [5, 5.41) is 0. The van der Waals surface area contributed by atoms with Crippen LogP contribution in [0.5, 0.6) is 0 Å². The van der Waals surface area contributed by atoms with E-state index in [1.165, 1.54) is 0 Å². The lowest BCUT2D eigenvalue weighted by molar-refractivity contribution is 0.345. The number of benzene rings is 1. The Kier molecular flexibility index (Phi) is 5.56. The maximum Gasteiger partial charge on any atom is 0.249 e. The Labute approximate surface area is 170 Å². The van der Waals surface area contributed by atoms with E-state index in [0.717, 1.165) is 35.6 Å². The highest BCUT2D eigenvalue weighted by molar-refractivity contribution is 7.89. The van der Waals surface area contributed by atoms with Crippen molar-refractivity contribution < 1.29 is 30.4 Å². The van der Waals surface area contributed by atoms with Gasteiger partial charge in [0.05, 0.1) is 12.2 Å². The number of hydrogen-bond acceptors (Lipinski definition) is 3. The van der Waals surface area contributed by atoms with Gasteiger partial charge in [-0.1, -0.05) is 18.9 Å². The maximum atomic E-state index is 14.2. The topological polar surface area (TPSA) is 50.3 Å². The van der Waals surface area contributed by atoms with Crippen LogP contribution in [0.15, 0.2) is 23.2 Å². The quantitative estimate of drug-likeness (QED) is 0.364. The molecule has 0 aliphatic heterocycles. The average molecular weight is 446 g/mol. The third-order valence-corrected chi connectivity index (χ3v) is 7.60. The summed E-state index contributed by atoms with van der Waals surface area (Å²) in [7, 11) is -4.99. The van der Waals surface area contributed by atoms with Crippen molar-refractivity contribution in [2.45, 2.75) is 61.9 Å². The van der Waals surface area contributed by atoms with Gasteiger partial charge >= 0.3 is 0 Å². The summed E-state index contributed by atoms with van der Waals surface area (Å²) >= 11 is 0. The molecule has 1 aromatic carbocycles. The fraction of sp³-hybridized carbons (Fsp3) is 0.450. The summed E-state index contributed by atoms with van der Waals surface area (Å²) in [4.78, 5) is 2.45. The predicted molar refractivity (Wildman–Crippen MR) is 97.4 cm³/mol. The molecule has 2 aliphatic carbocycles. The van der Waals surface area contributed by atoms with Gasteiger partial charge < -0.3 is 0 Å². The second kappa shape index (κ2) is 7.88. The third kappa shape index (κ3) is 3.71. The van der Waals surface area contributed by atoms with Gasteiger partial charge in [-0.25, -0.2) is 30.4 Å². The first-order chi connectivity index (χ1) is 14.2. The zero-order chi connectivity index (χ0) is 21.6. The van der Waals surface area contributed by atoms with Crippen LogP contribution in [-0.2, 0) is 16.6 Å². The summed E-state index contributed by atoms with van der Waals surface area (Å²) in [5.74, 6) is -11.3. The molecule has 0 spiro atoms. The van der Waals surface area contributed by atoms with Crippen LogP contribution in [-0.4, -0.2) is 23.7 Å². The molecule has 2 saturated carbocycles. The molecular formula is C20H19F5N2O2S. The number of pyridine rings is 1. The Hall–Kier alpha value is -2.07. The molecule has 10 heteroatoms. The largest absolute Gasteiger partial charge is 0.260 e. The second-order valence-corrected chi connectivity index (χ2v) is 9.57.